The van der Waals surface area contributed by atoms with E-state index in [9.17, 15) is 5.11 Å². The Kier molecular flexibility index (Phi) is 3.65. The Morgan fingerprint density at radius 1 is 1.32 bits per heavy atom. The van der Waals surface area contributed by atoms with Crippen LogP contribution in [0.1, 0.15) is 38.2 Å². The lowest BCUT2D eigenvalue weighted by Gasteiger charge is -2.24. The minimum Gasteiger partial charge on any atom is -0.494 e. The van der Waals surface area contributed by atoms with Crippen molar-refractivity contribution in [2.75, 3.05) is 11.9 Å². The predicted octanol–water partition coefficient (Wildman–Crippen LogP) is 3.18. The second-order valence-corrected chi connectivity index (χ2v) is 5.84. The summed E-state index contributed by atoms with van der Waals surface area (Å²) >= 11 is 0. The van der Waals surface area contributed by atoms with Gasteiger partial charge in [-0.1, -0.05) is 6.42 Å². The van der Waals surface area contributed by atoms with Crippen LogP contribution in [0.15, 0.2) is 18.2 Å². The van der Waals surface area contributed by atoms with Crippen LogP contribution in [-0.4, -0.2) is 17.8 Å². The van der Waals surface area contributed by atoms with Gasteiger partial charge in [0, 0.05) is 17.3 Å². The smallest absolute Gasteiger partial charge is 0.124 e. The molecule has 3 rings (SSSR count). The Labute approximate surface area is 115 Å². The van der Waals surface area contributed by atoms with Crippen LogP contribution in [0.5, 0.6) is 5.75 Å². The third-order valence-corrected chi connectivity index (χ3v) is 4.62. The Morgan fingerprint density at radius 2 is 2.21 bits per heavy atom. The normalized spacial score (nSPS) is 28.6. The highest BCUT2D eigenvalue weighted by Gasteiger charge is 2.39. The summed E-state index contributed by atoms with van der Waals surface area (Å²) in [6.07, 6.45) is 5.52. The van der Waals surface area contributed by atoms with E-state index in [-0.39, 0.29) is 6.61 Å². The molecule has 0 aliphatic heterocycles. The predicted molar refractivity (Wildman–Crippen MR) is 76.4 cm³/mol. The number of hydrogen-bond donors (Lipinski definition) is 2. The second-order valence-electron chi connectivity index (χ2n) is 5.84. The number of aliphatic hydroxyl groups excluding tert-OH is 1. The Hall–Kier alpha value is -1.22. The number of ether oxygens (including phenoxy) is 1. The molecule has 104 valence electrons. The van der Waals surface area contributed by atoms with Gasteiger partial charge in [-0.15, -0.1) is 0 Å². The maximum absolute atomic E-state index is 9.43. The molecule has 3 unspecified atom stereocenters. The molecule has 0 aromatic heterocycles. The average molecular weight is 261 g/mol. The summed E-state index contributed by atoms with van der Waals surface area (Å²) in [5.74, 6) is 2.60. The summed E-state index contributed by atoms with van der Waals surface area (Å²) in [7, 11) is 0. The van der Waals surface area contributed by atoms with Crippen LogP contribution in [0, 0.1) is 11.8 Å². The highest BCUT2D eigenvalue weighted by Crippen LogP contribution is 2.45. The van der Waals surface area contributed by atoms with Crippen LogP contribution < -0.4 is 10.1 Å². The van der Waals surface area contributed by atoms with E-state index >= 15 is 0 Å². The molecule has 2 aliphatic rings. The van der Waals surface area contributed by atoms with Gasteiger partial charge in [0.15, 0.2) is 0 Å². The van der Waals surface area contributed by atoms with E-state index in [2.05, 4.69) is 11.4 Å². The van der Waals surface area contributed by atoms with Crippen LogP contribution in [0.4, 0.5) is 5.69 Å². The molecule has 3 atom stereocenters. The first kappa shape index (κ1) is 12.8. The monoisotopic (exact) mass is 261 g/mol. The van der Waals surface area contributed by atoms with Crippen LogP contribution in [0.3, 0.4) is 0 Å². The number of aliphatic hydroxyl groups is 1. The van der Waals surface area contributed by atoms with Gasteiger partial charge in [-0.25, -0.2) is 0 Å². The maximum atomic E-state index is 9.43. The van der Waals surface area contributed by atoms with Crippen LogP contribution in [0.2, 0.25) is 0 Å². The molecular formula is C16H23NO2. The number of nitrogens with one attached hydrogen (secondary N) is 1. The quantitative estimate of drug-likeness (QED) is 0.855. The van der Waals surface area contributed by atoms with E-state index in [1.807, 2.05) is 19.1 Å². The Balaban J connectivity index is 1.71. The maximum Gasteiger partial charge on any atom is 0.124 e. The molecule has 2 fully saturated rings. The summed E-state index contributed by atoms with van der Waals surface area (Å²) < 4.78 is 5.51. The highest BCUT2D eigenvalue weighted by atomic mass is 16.5. The van der Waals surface area contributed by atoms with Gasteiger partial charge in [-0.3, -0.25) is 0 Å². The molecule has 2 bridgehead atoms. The van der Waals surface area contributed by atoms with Gasteiger partial charge in [0.1, 0.15) is 5.75 Å². The zero-order valence-corrected chi connectivity index (χ0v) is 11.6. The third kappa shape index (κ3) is 2.57. The van der Waals surface area contributed by atoms with E-state index in [1.54, 1.807) is 0 Å². The van der Waals surface area contributed by atoms with E-state index < -0.39 is 0 Å². The largest absolute Gasteiger partial charge is 0.494 e. The van der Waals surface area contributed by atoms with Gasteiger partial charge in [-0.05, 0) is 56.2 Å². The summed E-state index contributed by atoms with van der Waals surface area (Å²) in [5.41, 5.74) is 1.99. The average Bonchev–Trinajstić information content (AvgIpc) is 3.03. The van der Waals surface area contributed by atoms with Crippen molar-refractivity contribution in [3.05, 3.63) is 23.8 Å². The van der Waals surface area contributed by atoms with Gasteiger partial charge in [-0.2, -0.15) is 0 Å². The van der Waals surface area contributed by atoms with Gasteiger partial charge in [0.05, 0.1) is 13.2 Å². The number of rotatable bonds is 5. The topological polar surface area (TPSA) is 41.5 Å². The molecule has 0 amide bonds. The molecule has 0 radical (unpaired) electrons. The fourth-order valence-electron chi connectivity index (χ4n) is 3.72. The SMILES string of the molecule is CCOc1ccc(NC2CC3CCC2C3)cc1CO. The molecule has 0 spiro atoms. The Bertz CT molecular complexity index is 446. The standard InChI is InChI=1S/C16H23NO2/c1-2-19-16-6-5-14(9-13(16)10-18)17-15-8-11-3-4-12(15)7-11/h5-6,9,11-12,15,17-18H,2-4,7-8,10H2,1H3. The van der Waals surface area contributed by atoms with E-state index in [0.29, 0.717) is 12.6 Å². The molecule has 1 aromatic carbocycles. The zero-order valence-electron chi connectivity index (χ0n) is 11.6. The molecule has 1 aromatic rings. The van der Waals surface area contributed by atoms with Gasteiger partial charge in [0.25, 0.3) is 0 Å². The van der Waals surface area contributed by atoms with E-state index in [0.717, 1.165) is 28.8 Å². The first-order valence-corrected chi connectivity index (χ1v) is 7.43. The van der Waals surface area contributed by atoms with Crippen molar-refractivity contribution in [2.45, 2.75) is 45.3 Å². The van der Waals surface area contributed by atoms with Crippen molar-refractivity contribution in [2.24, 2.45) is 11.8 Å². The molecular weight excluding hydrogens is 238 g/mol. The van der Waals surface area contributed by atoms with Crippen molar-refractivity contribution in [3.63, 3.8) is 0 Å². The van der Waals surface area contributed by atoms with Crippen molar-refractivity contribution < 1.29 is 9.84 Å². The van der Waals surface area contributed by atoms with E-state index in [4.69, 9.17) is 4.74 Å². The van der Waals surface area contributed by atoms with Gasteiger partial charge < -0.3 is 15.2 Å². The fourth-order valence-corrected chi connectivity index (χ4v) is 3.72. The lowest BCUT2D eigenvalue weighted by atomic mass is 9.95. The molecule has 2 aliphatic carbocycles. The lowest BCUT2D eigenvalue weighted by Crippen LogP contribution is -2.25. The molecule has 0 heterocycles. The van der Waals surface area contributed by atoms with Crippen molar-refractivity contribution in [1.29, 1.82) is 0 Å². The van der Waals surface area contributed by atoms with Crippen LogP contribution >= 0.6 is 0 Å². The first-order chi connectivity index (χ1) is 9.30. The van der Waals surface area contributed by atoms with Crippen LogP contribution in [-0.2, 0) is 6.61 Å². The van der Waals surface area contributed by atoms with Crippen molar-refractivity contribution in [1.82, 2.24) is 0 Å². The Morgan fingerprint density at radius 3 is 2.84 bits per heavy atom. The van der Waals surface area contributed by atoms with Gasteiger partial charge >= 0.3 is 0 Å². The lowest BCUT2D eigenvalue weighted by molar-refractivity contribution is 0.267. The van der Waals surface area contributed by atoms with Gasteiger partial charge in [0.2, 0.25) is 0 Å². The highest BCUT2D eigenvalue weighted by molar-refractivity contribution is 5.52. The zero-order chi connectivity index (χ0) is 13.2. The fraction of sp³-hybridized carbons (Fsp3) is 0.625. The summed E-state index contributed by atoms with van der Waals surface area (Å²) in [5, 5.41) is 13.1. The van der Waals surface area contributed by atoms with Crippen molar-refractivity contribution in [3.8, 4) is 5.75 Å². The minimum absolute atomic E-state index is 0.0293. The first-order valence-electron chi connectivity index (χ1n) is 7.43. The molecule has 0 saturated heterocycles. The molecule has 19 heavy (non-hydrogen) atoms. The number of benzene rings is 1. The number of fused-ring (bicyclic) bond motifs is 2. The summed E-state index contributed by atoms with van der Waals surface area (Å²) in [6, 6.07) is 6.68. The molecule has 2 N–H and O–H groups in total. The van der Waals surface area contributed by atoms with E-state index in [1.165, 1.54) is 25.7 Å². The van der Waals surface area contributed by atoms with Crippen molar-refractivity contribution >= 4 is 5.69 Å². The molecule has 3 nitrogen and oxygen atoms in total. The minimum atomic E-state index is 0.0293. The summed E-state index contributed by atoms with van der Waals surface area (Å²) in [6.45, 7) is 2.62. The number of anilines is 1. The molecule has 3 heteroatoms. The second kappa shape index (κ2) is 5.41. The third-order valence-electron chi connectivity index (χ3n) is 4.62. The molecule has 2 saturated carbocycles. The van der Waals surface area contributed by atoms with Crippen LogP contribution in [0.25, 0.3) is 0 Å². The summed E-state index contributed by atoms with van der Waals surface area (Å²) in [4.78, 5) is 0. The number of hydrogen-bond acceptors (Lipinski definition) is 3.